The lowest BCUT2D eigenvalue weighted by atomic mass is 10.2. The maximum absolute atomic E-state index is 14.3. The Hall–Kier alpha value is -2.15. The van der Waals surface area contributed by atoms with Crippen molar-refractivity contribution < 1.29 is 13.9 Å². The molecule has 0 saturated carbocycles. The number of pyridine rings is 1. The van der Waals surface area contributed by atoms with Crippen molar-refractivity contribution >= 4 is 24.9 Å². The van der Waals surface area contributed by atoms with Crippen molar-refractivity contribution in [3.8, 4) is 0 Å². The highest BCUT2D eigenvalue weighted by atomic mass is 31.2. The van der Waals surface area contributed by atoms with Gasteiger partial charge in [0.25, 0.3) is 0 Å². The van der Waals surface area contributed by atoms with Crippen LogP contribution in [0.15, 0.2) is 78.9 Å². The van der Waals surface area contributed by atoms with E-state index >= 15 is 0 Å². The number of aromatic nitrogens is 1. The number of hydrogen-bond acceptors (Lipinski definition) is 3. The van der Waals surface area contributed by atoms with Crippen LogP contribution < -0.4 is 15.3 Å². The number of rotatable bonds is 16. The molecule has 0 radical (unpaired) electrons. The molecule has 2 atom stereocenters. The first-order chi connectivity index (χ1) is 17.9. The summed E-state index contributed by atoms with van der Waals surface area (Å²) in [4.78, 5) is 0. The third-order valence-electron chi connectivity index (χ3n) is 7.13. The third kappa shape index (κ3) is 8.42. The van der Waals surface area contributed by atoms with Gasteiger partial charge in [0.1, 0.15) is 14.3 Å². The second-order valence-corrected chi connectivity index (χ2v) is 16.3. The van der Waals surface area contributed by atoms with Gasteiger partial charge in [0, 0.05) is 35.1 Å². The van der Waals surface area contributed by atoms with Gasteiger partial charge in [-0.15, -0.1) is 0 Å². The van der Waals surface area contributed by atoms with E-state index in [1.807, 2.05) is 66.7 Å². The summed E-state index contributed by atoms with van der Waals surface area (Å²) < 4.78 is 29.5. The predicted molar refractivity (Wildman–Crippen MR) is 158 cm³/mol. The molecule has 0 N–H and O–H groups in total. The number of hydrogen-bond donors (Lipinski definition) is 0. The third-order valence-corrected chi connectivity index (χ3v) is 13.4. The minimum atomic E-state index is -2.81. The molecule has 0 fully saturated rings. The number of unbranched alkanes of at least 4 members (excludes halogenated alkanes) is 6. The highest BCUT2D eigenvalue weighted by Crippen LogP contribution is 2.50. The molecule has 2 unspecified atom stereocenters. The van der Waals surface area contributed by atoms with Crippen molar-refractivity contribution in [1.29, 1.82) is 0 Å². The summed E-state index contributed by atoms with van der Waals surface area (Å²) in [5.74, 6) is 0. The molecule has 3 rings (SSSR count). The highest BCUT2D eigenvalue weighted by molar-refractivity contribution is 7.71. The normalized spacial score (nSPS) is 14.6. The minimum absolute atomic E-state index is 0.229. The van der Waals surface area contributed by atoms with Gasteiger partial charge in [0.2, 0.25) is 11.4 Å². The zero-order valence-electron chi connectivity index (χ0n) is 22.6. The van der Waals surface area contributed by atoms with E-state index in [4.69, 9.17) is 0 Å². The molecule has 0 amide bonds. The Balaban J connectivity index is 1.89. The lowest BCUT2D eigenvalue weighted by molar-refractivity contribution is -0.620. The van der Waals surface area contributed by atoms with E-state index in [-0.39, 0.29) is 12.3 Å². The van der Waals surface area contributed by atoms with E-state index in [1.54, 1.807) is 12.1 Å². The summed E-state index contributed by atoms with van der Waals surface area (Å²) in [5, 5.41) is 15.3. The van der Waals surface area contributed by atoms with Crippen LogP contribution >= 0.6 is 14.3 Å². The molecular formula is C31H43NO3P2. The summed E-state index contributed by atoms with van der Waals surface area (Å²) in [7, 11) is -5.61. The Morgan fingerprint density at radius 1 is 0.568 bits per heavy atom. The Kier molecular flexibility index (Phi) is 11.7. The molecule has 3 aromatic rings. The van der Waals surface area contributed by atoms with Gasteiger partial charge >= 0.3 is 0 Å². The Bertz CT molecular complexity index is 1090. The van der Waals surface area contributed by atoms with Crippen LogP contribution in [0.3, 0.4) is 0 Å². The van der Waals surface area contributed by atoms with Crippen LogP contribution in [0.25, 0.3) is 0 Å². The van der Waals surface area contributed by atoms with Gasteiger partial charge in [-0.1, -0.05) is 113 Å². The molecule has 37 heavy (non-hydrogen) atoms. The topological polar surface area (TPSA) is 61.1 Å². The van der Waals surface area contributed by atoms with E-state index in [2.05, 4.69) is 13.8 Å². The highest BCUT2D eigenvalue weighted by Gasteiger charge is 2.32. The molecule has 0 aliphatic rings. The van der Waals surface area contributed by atoms with Gasteiger partial charge in [-0.25, -0.2) is 0 Å². The standard InChI is InChI=1S/C31H43NO3P2/c1-3-5-7-15-24-36(34,30-20-11-9-12-21-30)26-28-18-17-19-29(32(28)33)27-37(35,25-16-8-6-4-2)31-22-13-10-14-23-31/h9-14,17-23H,3-8,15-16,24-27H2,1-2H3. The van der Waals surface area contributed by atoms with Crippen LogP contribution in [0.1, 0.15) is 76.6 Å². The first-order valence-electron chi connectivity index (χ1n) is 13.9. The quantitative estimate of drug-likeness (QED) is 0.0806. The Morgan fingerprint density at radius 2 is 0.973 bits per heavy atom. The first-order valence-corrected chi connectivity index (χ1v) is 18.0. The smallest absolute Gasteiger partial charge is 0.200 e. The number of nitrogens with zero attached hydrogens (tertiary/aromatic N) is 1. The lowest BCUT2D eigenvalue weighted by Crippen LogP contribution is -2.37. The fourth-order valence-corrected chi connectivity index (χ4v) is 10.5. The average Bonchev–Trinajstić information content (AvgIpc) is 2.92. The zero-order valence-corrected chi connectivity index (χ0v) is 24.3. The van der Waals surface area contributed by atoms with Gasteiger partial charge in [-0.3, -0.25) is 0 Å². The predicted octanol–water partition coefficient (Wildman–Crippen LogP) is 7.86. The van der Waals surface area contributed by atoms with Crippen molar-refractivity contribution in [2.24, 2.45) is 0 Å². The van der Waals surface area contributed by atoms with Crippen LogP contribution in [-0.4, -0.2) is 12.3 Å². The summed E-state index contributed by atoms with van der Waals surface area (Å²) in [6, 6.07) is 24.7. The van der Waals surface area contributed by atoms with E-state index in [0.29, 0.717) is 23.7 Å². The van der Waals surface area contributed by atoms with Crippen molar-refractivity contribution in [2.45, 2.75) is 77.5 Å². The lowest BCUT2D eigenvalue weighted by Gasteiger charge is -2.21. The van der Waals surface area contributed by atoms with Crippen LogP contribution in [-0.2, 0) is 21.5 Å². The molecule has 1 heterocycles. The van der Waals surface area contributed by atoms with Gasteiger partial charge < -0.3 is 14.3 Å². The van der Waals surface area contributed by atoms with E-state index in [0.717, 1.165) is 66.7 Å². The largest absolute Gasteiger partial charge is 0.618 e. The molecule has 6 heteroatoms. The zero-order chi connectivity index (χ0) is 26.6. The molecule has 1 aromatic heterocycles. The number of benzene rings is 2. The summed E-state index contributed by atoms with van der Waals surface area (Å²) >= 11 is 0. The second-order valence-electron chi connectivity index (χ2n) is 10.1. The summed E-state index contributed by atoms with van der Waals surface area (Å²) in [5.41, 5.74) is 1.01. The van der Waals surface area contributed by atoms with Gasteiger partial charge in [-0.2, -0.15) is 4.73 Å². The van der Waals surface area contributed by atoms with Crippen molar-refractivity contribution in [1.82, 2.24) is 0 Å². The van der Waals surface area contributed by atoms with Crippen LogP contribution in [0, 0.1) is 5.21 Å². The summed E-state index contributed by atoms with van der Waals surface area (Å²) in [6.07, 6.45) is 10.0. The molecule has 0 bridgehead atoms. The maximum Gasteiger partial charge on any atom is 0.200 e. The fourth-order valence-electron chi connectivity index (χ4n) is 4.93. The maximum atomic E-state index is 14.3. The van der Waals surface area contributed by atoms with Crippen LogP contribution in [0.4, 0.5) is 0 Å². The van der Waals surface area contributed by atoms with Crippen LogP contribution in [0.2, 0.25) is 0 Å². The molecule has 0 saturated heterocycles. The van der Waals surface area contributed by atoms with E-state index in [1.165, 1.54) is 0 Å². The van der Waals surface area contributed by atoms with Gasteiger partial charge in [0.05, 0.1) is 12.3 Å². The monoisotopic (exact) mass is 539 g/mol. The molecule has 0 spiro atoms. The van der Waals surface area contributed by atoms with E-state index in [9.17, 15) is 14.3 Å². The second kappa shape index (κ2) is 14.7. The van der Waals surface area contributed by atoms with E-state index < -0.39 is 14.3 Å². The molecule has 200 valence electrons. The Morgan fingerprint density at radius 3 is 1.35 bits per heavy atom. The Labute approximate surface area is 223 Å². The van der Waals surface area contributed by atoms with Gasteiger partial charge in [0.15, 0.2) is 0 Å². The summed E-state index contributed by atoms with van der Waals surface area (Å²) in [6.45, 7) is 4.33. The molecule has 0 aliphatic carbocycles. The van der Waals surface area contributed by atoms with Crippen molar-refractivity contribution in [2.75, 3.05) is 12.3 Å². The minimum Gasteiger partial charge on any atom is -0.618 e. The fraction of sp³-hybridized carbons (Fsp3) is 0.452. The average molecular weight is 540 g/mol. The van der Waals surface area contributed by atoms with Gasteiger partial charge in [-0.05, 0) is 18.9 Å². The molecule has 2 aromatic carbocycles. The SMILES string of the molecule is CCCCCCP(=O)(Cc1cccc(CP(=O)(CCCCCC)c2ccccc2)[n+]1[O-])c1ccccc1. The molecule has 4 nitrogen and oxygen atoms in total. The molecular weight excluding hydrogens is 496 g/mol. The van der Waals surface area contributed by atoms with Crippen LogP contribution in [0.5, 0.6) is 0 Å². The van der Waals surface area contributed by atoms with Crippen molar-refractivity contribution in [3.63, 3.8) is 0 Å². The van der Waals surface area contributed by atoms with Crippen molar-refractivity contribution in [3.05, 3.63) is 95.5 Å². The molecule has 0 aliphatic heterocycles. The first kappa shape index (κ1) is 29.4.